The molecule has 8 amide bonds. The van der Waals surface area contributed by atoms with Gasteiger partial charge in [0, 0.05) is 137 Å². The molecule has 0 aliphatic carbocycles. The molecule has 4 aliphatic rings. The van der Waals surface area contributed by atoms with Crippen LogP contribution in [0.15, 0.2) is 188 Å². The number of hydrogen-bond acceptors (Lipinski definition) is 10. The third-order valence-corrected chi connectivity index (χ3v) is 24.0. The molecule has 4 aliphatic heterocycles. The van der Waals surface area contributed by atoms with Gasteiger partial charge in [0.25, 0.3) is 0 Å². The molecule has 0 saturated carbocycles. The highest BCUT2D eigenvalue weighted by atomic mass is 127. The number of ether oxygens (including phenoxy) is 1. The Morgan fingerprint density at radius 2 is 0.838 bits per heavy atom. The number of amides is 8. The number of benzene rings is 7. The Balaban J connectivity index is 0.000000178. The normalized spacial score (nSPS) is 15.8. The van der Waals surface area contributed by atoms with Gasteiger partial charge in [0.2, 0.25) is 0 Å². The summed E-state index contributed by atoms with van der Waals surface area (Å²) in [6.45, 7) is 26.1. The van der Waals surface area contributed by atoms with Crippen LogP contribution in [-0.4, -0.2) is 182 Å². The zero-order valence-corrected chi connectivity index (χ0v) is 72.9. The van der Waals surface area contributed by atoms with Crippen molar-refractivity contribution in [3.05, 3.63) is 237 Å². The van der Waals surface area contributed by atoms with E-state index < -0.39 is 23.5 Å². The van der Waals surface area contributed by atoms with E-state index in [1.165, 1.54) is 50.6 Å². The summed E-state index contributed by atoms with van der Waals surface area (Å²) < 4.78 is 48.9. The fourth-order valence-corrected chi connectivity index (χ4v) is 16.7. The van der Waals surface area contributed by atoms with Crippen molar-refractivity contribution in [2.24, 2.45) is 7.05 Å². The molecular weight excluding hydrogens is 1610 g/mol. The number of piperidine rings is 4. The van der Waals surface area contributed by atoms with Gasteiger partial charge in [-0.3, -0.25) is 4.68 Å². The summed E-state index contributed by atoms with van der Waals surface area (Å²) in [5.41, 5.74) is 6.34. The number of likely N-dealkylation sites (tertiary alicyclic amines) is 4. The largest absolute Gasteiger partial charge is 0.495 e. The lowest BCUT2D eigenvalue weighted by Crippen LogP contribution is -2.50. The maximum Gasteiger partial charge on any atom is 0.322 e. The first-order chi connectivity index (χ1) is 56.7. The first-order valence-corrected chi connectivity index (χ1v) is 43.8. The van der Waals surface area contributed by atoms with Crippen LogP contribution in [0.2, 0.25) is 5.02 Å². The van der Waals surface area contributed by atoms with E-state index in [1.807, 2.05) is 143 Å². The topological polar surface area (TPSA) is 169 Å². The van der Waals surface area contributed by atoms with Crippen molar-refractivity contribution in [3.8, 4) is 5.75 Å². The molecule has 0 bridgehead atoms. The molecule has 0 spiro atoms. The van der Waals surface area contributed by atoms with Crippen molar-refractivity contribution in [1.82, 2.24) is 49.0 Å². The average Bonchev–Trinajstić information content (AvgIpc) is 1.01. The fraction of sp³-hybridized carbons (Fsp3) is 0.473. The molecule has 632 valence electrons. The number of para-hydroxylation sites is 1. The Morgan fingerprint density at radius 1 is 0.470 bits per heavy atom. The third-order valence-electron chi connectivity index (χ3n) is 22.8. The van der Waals surface area contributed by atoms with E-state index >= 15 is 0 Å². The van der Waals surface area contributed by atoms with Crippen molar-refractivity contribution < 1.29 is 37.1 Å². The van der Waals surface area contributed by atoms with Gasteiger partial charge in [0.15, 0.2) is 17.5 Å². The second kappa shape index (κ2) is 49.0. The zero-order chi connectivity index (χ0) is 83.4. The Labute approximate surface area is 712 Å². The number of halogens is 5. The molecule has 1 aromatic heterocycles. The minimum absolute atomic E-state index is 0.00183. The van der Waals surface area contributed by atoms with Crippen LogP contribution in [0.5, 0.6) is 5.75 Å². The molecule has 5 heterocycles. The van der Waals surface area contributed by atoms with Gasteiger partial charge >= 0.3 is 24.1 Å². The molecule has 117 heavy (non-hydrogen) atoms. The zero-order valence-electron chi connectivity index (χ0n) is 70.0. The summed E-state index contributed by atoms with van der Waals surface area (Å²) >= 11 is 8.51. The molecule has 4 N–H and O–H groups in total. The molecule has 0 radical (unpaired) electrons. The Bertz CT molecular complexity index is 4250. The number of rotatable bonds is 29. The van der Waals surface area contributed by atoms with Gasteiger partial charge < -0.3 is 65.2 Å². The van der Waals surface area contributed by atoms with Crippen LogP contribution < -0.4 is 26.0 Å². The Morgan fingerprint density at radius 3 is 1.20 bits per heavy atom. The Hall–Kier alpha value is -8.72. The van der Waals surface area contributed by atoms with Crippen molar-refractivity contribution in [2.45, 2.75) is 207 Å². The fourth-order valence-electron chi connectivity index (χ4n) is 15.9. The van der Waals surface area contributed by atoms with Crippen LogP contribution in [0.1, 0.15) is 167 Å². The van der Waals surface area contributed by atoms with E-state index in [1.54, 1.807) is 35.0 Å². The predicted molar refractivity (Wildman–Crippen MR) is 477 cm³/mol. The minimum Gasteiger partial charge on any atom is -0.495 e. The van der Waals surface area contributed by atoms with Gasteiger partial charge in [0.05, 0.1) is 35.4 Å². The second-order valence-electron chi connectivity index (χ2n) is 31.3. The summed E-state index contributed by atoms with van der Waals surface area (Å²) in [6.07, 6.45) is 20.9. The highest BCUT2D eigenvalue weighted by Gasteiger charge is 2.35. The van der Waals surface area contributed by atoms with E-state index in [4.69, 9.17) is 16.3 Å². The first kappa shape index (κ1) is 92.2. The number of hydrogen-bond donors (Lipinski definition) is 4. The van der Waals surface area contributed by atoms with Crippen molar-refractivity contribution in [1.29, 1.82) is 0 Å². The van der Waals surface area contributed by atoms with Crippen LogP contribution in [0.4, 0.5) is 55.1 Å². The molecule has 7 aromatic carbocycles. The number of nitrogens with zero attached hydrogens (tertiary/aromatic N) is 10. The van der Waals surface area contributed by atoms with Crippen LogP contribution in [0, 0.1) is 21.0 Å². The SMILES string of the molecule is CCCC(C)N1CCC(N(Cc2ccccc2)C(=O)Nc2ccc(F)c(F)c2F)CC1.CCCC(C)N1CCC(N(Cc2ccccc2)C(=O)Nc2ccccc2I)CC1.CCCCN1CCC(N(Cc2ccccc2)C(=O)Nc2ccc(OC)c(Cl)c2)CC1.CCCCN1CCC(N(Cc2ccccc2)C(=O)Nc2cnn(C)c2)CC1. The van der Waals surface area contributed by atoms with Gasteiger partial charge in [-0.2, -0.15) is 5.10 Å². The summed E-state index contributed by atoms with van der Waals surface area (Å²) in [4.78, 5) is 70.5. The van der Waals surface area contributed by atoms with Crippen LogP contribution in [0.3, 0.4) is 0 Å². The van der Waals surface area contributed by atoms with Crippen LogP contribution in [0.25, 0.3) is 0 Å². The summed E-state index contributed by atoms with van der Waals surface area (Å²) in [7, 11) is 3.43. The molecule has 8 aromatic rings. The van der Waals surface area contributed by atoms with E-state index in [-0.39, 0.29) is 47.9 Å². The lowest BCUT2D eigenvalue weighted by Gasteiger charge is -2.40. The summed E-state index contributed by atoms with van der Waals surface area (Å²) in [6, 6.07) is 56.6. The van der Waals surface area contributed by atoms with Crippen molar-refractivity contribution in [3.63, 3.8) is 0 Å². The number of aromatic nitrogens is 2. The van der Waals surface area contributed by atoms with Gasteiger partial charge in [-0.1, -0.05) is 198 Å². The number of carbonyl (C=O) groups is 4. The molecule has 2 atom stereocenters. The first-order valence-electron chi connectivity index (χ1n) is 42.3. The van der Waals surface area contributed by atoms with Crippen LogP contribution >= 0.6 is 34.2 Å². The highest BCUT2D eigenvalue weighted by molar-refractivity contribution is 14.1. The van der Waals surface area contributed by atoms with E-state index in [0.717, 1.165) is 167 Å². The second-order valence-corrected chi connectivity index (χ2v) is 32.9. The number of aryl methyl sites for hydroxylation is 1. The van der Waals surface area contributed by atoms with Gasteiger partial charge in [0.1, 0.15) is 5.75 Å². The minimum atomic E-state index is -1.59. The maximum absolute atomic E-state index is 14.1. The smallest absolute Gasteiger partial charge is 0.322 e. The number of urea groups is 4. The van der Waals surface area contributed by atoms with Crippen LogP contribution in [-0.2, 0) is 33.2 Å². The number of anilines is 4. The van der Waals surface area contributed by atoms with Crippen molar-refractivity contribution >= 4 is 81.1 Å². The molecule has 2 unspecified atom stereocenters. The molecular formula is C93H125ClF3IN14O5. The lowest BCUT2D eigenvalue weighted by molar-refractivity contribution is 0.0987. The molecule has 4 saturated heterocycles. The number of carbonyl (C=O) groups excluding carboxylic acids is 4. The van der Waals surface area contributed by atoms with Gasteiger partial charge in [-0.25, -0.2) is 32.3 Å². The third kappa shape index (κ3) is 29.4. The standard InChI is InChI=1S/C24H32ClN3O2.C24H30F3N3O.C24H32IN3O.C21H31N5O/c1-3-4-14-27-15-12-21(13-16-27)28(18-19-8-6-5-7-9-19)24(29)26-20-10-11-23(30-2)22(25)17-20;1-3-7-17(2)29-14-12-19(13-15-29)30(16-18-8-5-4-6-9-18)24(31)28-21-11-10-20(25)22(26)23(21)27;1-3-9-19(2)27-16-14-21(15-17-27)28(18-20-10-5-4-6-11-20)24(29)26-23-13-8-7-12-22(23)25;1-3-4-12-25-13-10-20(11-14-25)26(16-18-8-6-5-7-9-18)21(27)23-19-15-22-24(2)17-19/h5-11,17,21H,3-4,12-16,18H2,1-2H3,(H,26,29);4-6,8-11,17,19H,3,7,12-16H2,1-2H3,(H,28,31);4-8,10-13,19,21H,3,9,14-18H2,1-2H3,(H,26,29);5-9,15,17,20H,3-4,10-14,16H2,1-2H3,(H,23,27). The average molecular weight is 1740 g/mol. The van der Waals surface area contributed by atoms with Gasteiger partial charge in [-0.05, 0) is 191 Å². The number of methoxy groups -OCH3 is 1. The summed E-state index contributed by atoms with van der Waals surface area (Å²) in [5.74, 6) is -3.68. The molecule has 19 nitrogen and oxygen atoms in total. The molecule has 24 heteroatoms. The van der Waals surface area contributed by atoms with Crippen molar-refractivity contribution in [2.75, 3.05) is 93.8 Å². The quantitative estimate of drug-likeness (QED) is 0.0261. The molecule has 12 rings (SSSR count). The predicted octanol–water partition coefficient (Wildman–Crippen LogP) is 21.1. The number of nitrogens with one attached hydrogen (secondary N) is 4. The highest BCUT2D eigenvalue weighted by Crippen LogP contribution is 2.32. The van der Waals surface area contributed by atoms with E-state index in [2.05, 4.69) is 146 Å². The van der Waals surface area contributed by atoms with E-state index in [0.29, 0.717) is 54.7 Å². The van der Waals surface area contributed by atoms with Gasteiger partial charge in [-0.15, -0.1) is 0 Å². The van der Waals surface area contributed by atoms with E-state index in [9.17, 15) is 32.3 Å². The monoisotopic (exact) mass is 1740 g/mol. The summed E-state index contributed by atoms with van der Waals surface area (Å²) in [5, 5.41) is 16.3. The lowest BCUT2D eigenvalue weighted by atomic mass is 10.00. The Kier molecular flexibility index (Phi) is 38.6. The number of unbranched alkanes of at least 4 members (excludes halogenated alkanes) is 2. The molecule has 4 fully saturated rings. The maximum atomic E-state index is 14.1.